The van der Waals surface area contributed by atoms with Crippen molar-refractivity contribution in [3.05, 3.63) is 64.7 Å². The molecule has 0 spiro atoms. The van der Waals surface area contributed by atoms with Crippen LogP contribution in [0.15, 0.2) is 36.4 Å². The van der Waals surface area contributed by atoms with Gasteiger partial charge in [-0.05, 0) is 67.1 Å². The van der Waals surface area contributed by atoms with Crippen molar-refractivity contribution in [3.8, 4) is 5.75 Å². The van der Waals surface area contributed by atoms with Crippen molar-refractivity contribution >= 4 is 5.91 Å². The average Bonchev–Trinajstić information content (AvgIpc) is 2.60. The number of aryl methyl sites for hydroxylation is 2. The molecule has 0 bridgehead atoms. The van der Waals surface area contributed by atoms with Crippen LogP contribution >= 0.6 is 0 Å². The Balaban J connectivity index is 1.48. The van der Waals surface area contributed by atoms with Gasteiger partial charge in [-0.25, -0.2) is 8.78 Å². The number of halogens is 2. The molecule has 0 atom stereocenters. The van der Waals surface area contributed by atoms with E-state index in [1.165, 1.54) is 30.0 Å². The number of hydrogen-bond donors (Lipinski definition) is 1. The maximum absolute atomic E-state index is 13.1. The second kappa shape index (κ2) is 7.43. The van der Waals surface area contributed by atoms with Gasteiger partial charge in [-0.15, -0.1) is 0 Å². The summed E-state index contributed by atoms with van der Waals surface area (Å²) in [7, 11) is 0. The van der Waals surface area contributed by atoms with E-state index in [0.29, 0.717) is 6.61 Å². The fourth-order valence-electron chi connectivity index (χ4n) is 2.87. The predicted molar refractivity (Wildman–Crippen MR) is 87.3 cm³/mol. The standard InChI is InChI=1S/C19H19F2NO2/c20-17-8-6-15(12-18(17)21)19(23)22-9-10-24-16-7-5-13-3-1-2-4-14(13)11-16/h5-8,11-12H,1-4,9-10H2,(H,22,23). The topological polar surface area (TPSA) is 38.3 Å². The van der Waals surface area contributed by atoms with Crippen LogP contribution in [0.4, 0.5) is 8.78 Å². The van der Waals surface area contributed by atoms with Crippen molar-refractivity contribution < 1.29 is 18.3 Å². The van der Waals surface area contributed by atoms with Gasteiger partial charge in [0, 0.05) is 5.56 Å². The molecule has 2 aromatic rings. The fourth-order valence-corrected chi connectivity index (χ4v) is 2.87. The number of rotatable bonds is 5. The van der Waals surface area contributed by atoms with E-state index in [1.807, 2.05) is 6.07 Å². The van der Waals surface area contributed by atoms with Gasteiger partial charge in [0.05, 0.1) is 6.54 Å². The molecular weight excluding hydrogens is 312 g/mol. The molecule has 0 unspecified atom stereocenters. The number of nitrogens with one attached hydrogen (secondary N) is 1. The minimum absolute atomic E-state index is 0.0858. The number of ether oxygens (including phenoxy) is 1. The third-order valence-corrected chi connectivity index (χ3v) is 4.16. The summed E-state index contributed by atoms with van der Waals surface area (Å²) in [5.74, 6) is -1.67. The molecule has 5 heteroatoms. The third kappa shape index (κ3) is 3.91. The van der Waals surface area contributed by atoms with Gasteiger partial charge < -0.3 is 10.1 Å². The molecule has 3 nitrogen and oxygen atoms in total. The molecule has 0 heterocycles. The Morgan fingerprint density at radius 3 is 2.58 bits per heavy atom. The minimum atomic E-state index is -1.03. The molecule has 0 radical (unpaired) electrons. The Kier molecular flexibility index (Phi) is 5.08. The Morgan fingerprint density at radius 1 is 1.00 bits per heavy atom. The summed E-state index contributed by atoms with van der Waals surface area (Å²) >= 11 is 0. The lowest BCUT2D eigenvalue weighted by Gasteiger charge is -2.17. The molecule has 0 aromatic heterocycles. The second-order valence-electron chi connectivity index (χ2n) is 5.87. The van der Waals surface area contributed by atoms with Crippen molar-refractivity contribution in [2.45, 2.75) is 25.7 Å². The van der Waals surface area contributed by atoms with Gasteiger partial charge in [0.2, 0.25) is 0 Å². The van der Waals surface area contributed by atoms with Crippen molar-refractivity contribution in [2.24, 2.45) is 0 Å². The highest BCUT2D eigenvalue weighted by molar-refractivity contribution is 5.94. The van der Waals surface area contributed by atoms with E-state index < -0.39 is 17.5 Å². The summed E-state index contributed by atoms with van der Waals surface area (Å²) < 4.78 is 31.6. The second-order valence-corrected chi connectivity index (χ2v) is 5.87. The van der Waals surface area contributed by atoms with Crippen molar-refractivity contribution in [1.82, 2.24) is 5.32 Å². The summed E-state index contributed by atoms with van der Waals surface area (Å²) in [6.45, 7) is 0.600. The molecular formula is C19H19F2NO2. The number of carbonyl (C=O) groups excluding carboxylic acids is 1. The quantitative estimate of drug-likeness (QED) is 0.849. The minimum Gasteiger partial charge on any atom is -0.492 e. The zero-order chi connectivity index (χ0) is 16.9. The number of benzene rings is 2. The zero-order valence-electron chi connectivity index (χ0n) is 13.3. The third-order valence-electron chi connectivity index (χ3n) is 4.16. The molecule has 0 aliphatic heterocycles. The summed E-state index contributed by atoms with van der Waals surface area (Å²) in [4.78, 5) is 11.9. The van der Waals surface area contributed by atoms with Gasteiger partial charge in [-0.3, -0.25) is 4.79 Å². The summed E-state index contributed by atoms with van der Waals surface area (Å²) in [5, 5.41) is 2.63. The molecule has 0 fully saturated rings. The van der Waals surface area contributed by atoms with Crippen LogP contribution in [0.1, 0.15) is 34.3 Å². The summed E-state index contributed by atoms with van der Waals surface area (Å²) in [6.07, 6.45) is 4.66. The zero-order valence-corrected chi connectivity index (χ0v) is 13.3. The van der Waals surface area contributed by atoms with Crippen LogP contribution < -0.4 is 10.1 Å². The van der Waals surface area contributed by atoms with E-state index in [2.05, 4.69) is 17.4 Å². The van der Waals surface area contributed by atoms with E-state index in [9.17, 15) is 13.6 Å². The lowest BCUT2D eigenvalue weighted by atomic mass is 9.92. The van der Waals surface area contributed by atoms with Gasteiger partial charge in [-0.2, -0.15) is 0 Å². The highest BCUT2D eigenvalue weighted by atomic mass is 19.2. The number of amides is 1. The first-order valence-corrected chi connectivity index (χ1v) is 8.11. The van der Waals surface area contributed by atoms with Gasteiger partial charge in [-0.1, -0.05) is 6.07 Å². The molecule has 0 saturated heterocycles. The molecule has 3 rings (SSSR count). The van der Waals surface area contributed by atoms with Crippen LogP contribution in [0.5, 0.6) is 5.75 Å². The molecule has 0 saturated carbocycles. The molecule has 1 amide bonds. The molecule has 24 heavy (non-hydrogen) atoms. The fraction of sp³-hybridized carbons (Fsp3) is 0.316. The summed E-state index contributed by atoms with van der Waals surface area (Å²) in [6, 6.07) is 9.18. The predicted octanol–water partition coefficient (Wildman–Crippen LogP) is 3.65. The molecule has 2 aromatic carbocycles. The smallest absolute Gasteiger partial charge is 0.251 e. The number of hydrogen-bond acceptors (Lipinski definition) is 2. The van der Waals surface area contributed by atoms with Crippen molar-refractivity contribution in [1.29, 1.82) is 0 Å². The Morgan fingerprint density at radius 2 is 1.79 bits per heavy atom. The van der Waals surface area contributed by atoms with Crippen LogP contribution in [0.3, 0.4) is 0 Å². The molecule has 1 aliphatic carbocycles. The normalized spacial score (nSPS) is 13.2. The SMILES string of the molecule is O=C(NCCOc1ccc2c(c1)CCCC2)c1ccc(F)c(F)c1. The van der Waals surface area contributed by atoms with Gasteiger partial charge in [0.25, 0.3) is 5.91 Å². The van der Waals surface area contributed by atoms with Gasteiger partial charge >= 0.3 is 0 Å². The Hall–Kier alpha value is -2.43. The Labute approximate surface area is 139 Å². The maximum atomic E-state index is 13.1. The highest BCUT2D eigenvalue weighted by Crippen LogP contribution is 2.25. The monoisotopic (exact) mass is 331 g/mol. The molecule has 1 aliphatic rings. The van der Waals surface area contributed by atoms with Crippen molar-refractivity contribution in [2.75, 3.05) is 13.2 Å². The van der Waals surface area contributed by atoms with E-state index in [-0.39, 0.29) is 12.1 Å². The number of carbonyl (C=O) groups is 1. The van der Waals surface area contributed by atoms with Crippen LogP contribution in [-0.2, 0) is 12.8 Å². The number of fused-ring (bicyclic) bond motifs is 1. The first kappa shape index (κ1) is 16.4. The first-order valence-electron chi connectivity index (χ1n) is 8.11. The average molecular weight is 331 g/mol. The van der Waals surface area contributed by atoms with E-state index >= 15 is 0 Å². The van der Waals surface area contributed by atoms with Crippen LogP contribution in [0, 0.1) is 11.6 Å². The molecule has 1 N–H and O–H groups in total. The lowest BCUT2D eigenvalue weighted by Crippen LogP contribution is -2.28. The van der Waals surface area contributed by atoms with Gasteiger partial charge in [0.15, 0.2) is 11.6 Å². The highest BCUT2D eigenvalue weighted by Gasteiger charge is 2.11. The van der Waals surface area contributed by atoms with E-state index in [0.717, 1.165) is 30.7 Å². The van der Waals surface area contributed by atoms with Crippen LogP contribution in [-0.4, -0.2) is 19.1 Å². The molecule has 126 valence electrons. The van der Waals surface area contributed by atoms with Gasteiger partial charge in [0.1, 0.15) is 12.4 Å². The Bertz CT molecular complexity index is 746. The maximum Gasteiger partial charge on any atom is 0.251 e. The summed E-state index contributed by atoms with van der Waals surface area (Å²) in [5.41, 5.74) is 2.81. The first-order chi connectivity index (χ1) is 11.6. The van der Waals surface area contributed by atoms with Crippen LogP contribution in [0.25, 0.3) is 0 Å². The van der Waals surface area contributed by atoms with Crippen molar-refractivity contribution in [3.63, 3.8) is 0 Å². The van der Waals surface area contributed by atoms with E-state index in [1.54, 1.807) is 0 Å². The van der Waals surface area contributed by atoms with Crippen LogP contribution in [0.2, 0.25) is 0 Å². The lowest BCUT2D eigenvalue weighted by molar-refractivity contribution is 0.0946. The van der Waals surface area contributed by atoms with E-state index in [4.69, 9.17) is 4.74 Å². The largest absolute Gasteiger partial charge is 0.492 e.